The molecule has 9 aromatic carbocycles. The second-order valence-corrected chi connectivity index (χ2v) is 15.6. The van der Waals surface area contributed by atoms with Gasteiger partial charge in [-0.3, -0.25) is 0 Å². The number of aromatic nitrogens is 3. The van der Waals surface area contributed by atoms with Crippen molar-refractivity contribution >= 4 is 32.3 Å². The molecule has 0 fully saturated rings. The van der Waals surface area contributed by atoms with E-state index in [1.807, 2.05) is 6.07 Å². The molecule has 0 saturated carbocycles. The topological polar surface area (TPSA) is 38.7 Å². The molecule has 268 valence electrons. The molecule has 0 atom stereocenters. The number of rotatable bonds is 5. The Morgan fingerprint density at radius 3 is 1.35 bits per heavy atom. The molecule has 57 heavy (non-hydrogen) atoms. The molecule has 1 aliphatic carbocycles. The van der Waals surface area contributed by atoms with Crippen molar-refractivity contribution in [1.82, 2.24) is 15.0 Å². The van der Waals surface area contributed by atoms with E-state index in [0.717, 1.165) is 27.8 Å². The van der Waals surface area contributed by atoms with Crippen LogP contribution in [0.15, 0.2) is 188 Å². The quantitative estimate of drug-likeness (QED) is 0.166. The highest BCUT2D eigenvalue weighted by Crippen LogP contribution is 2.49. The summed E-state index contributed by atoms with van der Waals surface area (Å²) in [6, 6.07) is 67.4. The van der Waals surface area contributed by atoms with Gasteiger partial charge in [-0.05, 0) is 101 Å². The van der Waals surface area contributed by atoms with E-state index in [9.17, 15) is 0 Å². The highest BCUT2D eigenvalue weighted by molar-refractivity contribution is 6.26. The van der Waals surface area contributed by atoms with Crippen LogP contribution < -0.4 is 0 Å². The first kappa shape index (κ1) is 33.1. The zero-order valence-corrected chi connectivity index (χ0v) is 31.7. The molecule has 0 spiro atoms. The summed E-state index contributed by atoms with van der Waals surface area (Å²) in [5.41, 5.74) is 12.7. The maximum absolute atomic E-state index is 5.27. The molecule has 11 rings (SSSR count). The highest BCUT2D eigenvalue weighted by atomic mass is 15.0. The van der Waals surface area contributed by atoms with Crippen molar-refractivity contribution in [2.75, 3.05) is 0 Å². The molecule has 0 saturated heterocycles. The van der Waals surface area contributed by atoms with Crippen LogP contribution in [0.3, 0.4) is 0 Å². The molecule has 1 aliphatic rings. The van der Waals surface area contributed by atoms with Gasteiger partial charge in [0, 0.05) is 22.1 Å². The standard InChI is InChI=1S/C54H37N3/c1-54(2)49-23-12-11-22-45(49)48-33-40(26-29-50(48)54)53-56-51(38-19-13-18-36(30-38)34-14-5-3-6-15-34)55-52(57-53)39-25-28-44-43-27-24-37(35-16-7-4-8-17-35)31-46(43)41-20-9-10-21-42(41)47(44)32-39/h3-33H,1-2H3. The van der Waals surface area contributed by atoms with E-state index >= 15 is 0 Å². The van der Waals surface area contributed by atoms with Crippen molar-refractivity contribution in [3.63, 3.8) is 0 Å². The first-order chi connectivity index (χ1) is 28.0. The van der Waals surface area contributed by atoms with Crippen molar-refractivity contribution in [2.45, 2.75) is 19.3 Å². The Balaban J connectivity index is 1.11. The molecule has 1 aromatic heterocycles. The molecular formula is C54H37N3. The van der Waals surface area contributed by atoms with Crippen molar-refractivity contribution in [3.05, 3.63) is 199 Å². The number of benzene rings is 9. The fourth-order valence-electron chi connectivity index (χ4n) is 9.00. The van der Waals surface area contributed by atoms with Crippen molar-refractivity contribution < 1.29 is 0 Å². The lowest BCUT2D eigenvalue weighted by Gasteiger charge is -2.21. The van der Waals surface area contributed by atoms with Crippen LogP contribution in [0, 0.1) is 0 Å². The van der Waals surface area contributed by atoms with Crippen LogP contribution in [-0.2, 0) is 5.41 Å². The van der Waals surface area contributed by atoms with Crippen LogP contribution in [0.25, 0.3) is 99.9 Å². The molecule has 3 heteroatoms. The van der Waals surface area contributed by atoms with E-state index in [0.29, 0.717) is 17.5 Å². The van der Waals surface area contributed by atoms with E-state index in [1.54, 1.807) is 0 Å². The van der Waals surface area contributed by atoms with Gasteiger partial charge in [-0.2, -0.15) is 0 Å². The monoisotopic (exact) mass is 727 g/mol. The largest absolute Gasteiger partial charge is 0.208 e. The normalized spacial score (nSPS) is 12.9. The van der Waals surface area contributed by atoms with Crippen LogP contribution in [0.5, 0.6) is 0 Å². The second-order valence-electron chi connectivity index (χ2n) is 15.6. The van der Waals surface area contributed by atoms with E-state index in [-0.39, 0.29) is 5.41 Å². The maximum Gasteiger partial charge on any atom is 0.164 e. The molecule has 1 heterocycles. The van der Waals surface area contributed by atoms with E-state index in [2.05, 4.69) is 196 Å². The van der Waals surface area contributed by atoms with Gasteiger partial charge < -0.3 is 0 Å². The summed E-state index contributed by atoms with van der Waals surface area (Å²) in [6.45, 7) is 4.62. The fourth-order valence-corrected chi connectivity index (χ4v) is 9.00. The fraction of sp³-hybridized carbons (Fsp3) is 0.0556. The number of hydrogen-bond donors (Lipinski definition) is 0. The van der Waals surface area contributed by atoms with Crippen LogP contribution in [0.2, 0.25) is 0 Å². The van der Waals surface area contributed by atoms with Gasteiger partial charge in [0.25, 0.3) is 0 Å². The Hall–Kier alpha value is -7.23. The molecule has 3 nitrogen and oxygen atoms in total. The van der Waals surface area contributed by atoms with Gasteiger partial charge in [0.05, 0.1) is 0 Å². The summed E-state index contributed by atoms with van der Waals surface area (Å²) >= 11 is 0. The molecule has 0 N–H and O–H groups in total. The average Bonchev–Trinajstić information content (AvgIpc) is 3.51. The maximum atomic E-state index is 5.27. The number of hydrogen-bond acceptors (Lipinski definition) is 3. The Bertz CT molecular complexity index is 3180. The van der Waals surface area contributed by atoms with Gasteiger partial charge in [0.15, 0.2) is 17.5 Å². The zero-order chi connectivity index (χ0) is 38.1. The zero-order valence-electron chi connectivity index (χ0n) is 31.7. The summed E-state index contributed by atoms with van der Waals surface area (Å²) in [5, 5.41) is 7.29. The minimum Gasteiger partial charge on any atom is -0.208 e. The molecule has 0 amide bonds. The van der Waals surface area contributed by atoms with E-state index in [4.69, 9.17) is 15.0 Å². The predicted octanol–water partition coefficient (Wildman–Crippen LogP) is 14.0. The van der Waals surface area contributed by atoms with Crippen molar-refractivity contribution in [3.8, 4) is 67.5 Å². The van der Waals surface area contributed by atoms with Crippen LogP contribution in [0.1, 0.15) is 25.0 Å². The Morgan fingerprint density at radius 1 is 0.281 bits per heavy atom. The minimum atomic E-state index is -0.0844. The summed E-state index contributed by atoms with van der Waals surface area (Å²) in [7, 11) is 0. The third kappa shape index (κ3) is 5.46. The first-order valence-electron chi connectivity index (χ1n) is 19.6. The lowest BCUT2D eigenvalue weighted by molar-refractivity contribution is 0.660. The lowest BCUT2D eigenvalue weighted by Crippen LogP contribution is -2.14. The van der Waals surface area contributed by atoms with Crippen molar-refractivity contribution in [1.29, 1.82) is 0 Å². The minimum absolute atomic E-state index is 0.0844. The SMILES string of the molecule is CC1(C)c2ccccc2-c2cc(-c3nc(-c4cccc(-c5ccccc5)c4)nc(-c4ccc5c6ccc(-c7ccccc7)cc6c6ccccc6c5c4)n3)ccc21. The molecule has 0 aliphatic heterocycles. The summed E-state index contributed by atoms with van der Waals surface area (Å²) in [6.07, 6.45) is 0. The van der Waals surface area contributed by atoms with Gasteiger partial charge in [0.2, 0.25) is 0 Å². The molecule has 0 bridgehead atoms. The highest BCUT2D eigenvalue weighted by Gasteiger charge is 2.35. The molecule has 10 aromatic rings. The Labute approximate surface area is 332 Å². The van der Waals surface area contributed by atoms with E-state index < -0.39 is 0 Å². The Morgan fingerprint density at radius 2 is 0.702 bits per heavy atom. The van der Waals surface area contributed by atoms with Gasteiger partial charge in [-0.25, -0.2) is 15.0 Å². The van der Waals surface area contributed by atoms with Gasteiger partial charge in [-0.1, -0.05) is 178 Å². The lowest BCUT2D eigenvalue weighted by atomic mass is 9.82. The van der Waals surface area contributed by atoms with Gasteiger partial charge >= 0.3 is 0 Å². The summed E-state index contributed by atoms with van der Waals surface area (Å²) in [5.74, 6) is 1.94. The third-order valence-corrected chi connectivity index (χ3v) is 11.9. The second kappa shape index (κ2) is 12.9. The summed E-state index contributed by atoms with van der Waals surface area (Å²) < 4.78 is 0. The predicted molar refractivity (Wildman–Crippen MR) is 237 cm³/mol. The van der Waals surface area contributed by atoms with Crippen LogP contribution in [0.4, 0.5) is 0 Å². The molecule has 0 unspecified atom stereocenters. The van der Waals surface area contributed by atoms with Gasteiger partial charge in [0.1, 0.15) is 0 Å². The first-order valence-corrected chi connectivity index (χ1v) is 19.6. The number of nitrogens with zero attached hydrogens (tertiary/aromatic N) is 3. The van der Waals surface area contributed by atoms with Crippen molar-refractivity contribution in [2.24, 2.45) is 0 Å². The molecule has 0 radical (unpaired) electrons. The van der Waals surface area contributed by atoms with E-state index in [1.165, 1.54) is 65.7 Å². The average molecular weight is 728 g/mol. The Kier molecular flexibility index (Phi) is 7.52. The summed E-state index contributed by atoms with van der Waals surface area (Å²) in [4.78, 5) is 15.7. The van der Waals surface area contributed by atoms with Crippen LogP contribution in [-0.4, -0.2) is 15.0 Å². The molecular weight excluding hydrogens is 691 g/mol. The van der Waals surface area contributed by atoms with Gasteiger partial charge in [-0.15, -0.1) is 0 Å². The van der Waals surface area contributed by atoms with Crippen LogP contribution >= 0.6 is 0 Å². The number of fused-ring (bicyclic) bond motifs is 9. The third-order valence-electron chi connectivity index (χ3n) is 11.9. The smallest absolute Gasteiger partial charge is 0.164 e.